The van der Waals surface area contributed by atoms with Gasteiger partial charge in [0, 0.05) is 45.1 Å². The monoisotopic (exact) mass is 376 g/mol. The van der Waals surface area contributed by atoms with E-state index in [0.29, 0.717) is 6.54 Å². The van der Waals surface area contributed by atoms with E-state index >= 15 is 0 Å². The normalized spacial score (nSPS) is 15.0. The largest absolute Gasteiger partial charge is 0.381 e. The fourth-order valence-electron chi connectivity index (χ4n) is 2.88. The predicted molar refractivity (Wildman–Crippen MR) is 113 cm³/mol. The molecule has 0 aliphatic carbocycles. The molecule has 6 heteroatoms. The van der Waals surface area contributed by atoms with Crippen molar-refractivity contribution < 1.29 is 9.47 Å². The number of morpholine rings is 1. The van der Waals surface area contributed by atoms with Crippen molar-refractivity contribution in [2.24, 2.45) is 4.99 Å². The van der Waals surface area contributed by atoms with Crippen LogP contribution in [0.3, 0.4) is 0 Å². The molecule has 0 amide bonds. The maximum absolute atomic E-state index is 5.59. The van der Waals surface area contributed by atoms with E-state index in [1.165, 1.54) is 17.7 Å². The number of ether oxygens (including phenoxy) is 2. The first kappa shape index (κ1) is 21.5. The molecule has 0 saturated carbocycles. The number of hydrogen-bond donors (Lipinski definition) is 2. The Morgan fingerprint density at radius 2 is 1.81 bits per heavy atom. The van der Waals surface area contributed by atoms with Gasteiger partial charge in [0.2, 0.25) is 0 Å². The molecule has 0 radical (unpaired) electrons. The van der Waals surface area contributed by atoms with Gasteiger partial charge >= 0.3 is 0 Å². The predicted octanol–water partition coefficient (Wildman–Crippen LogP) is 2.79. The average Bonchev–Trinajstić information content (AvgIpc) is 2.72. The zero-order chi connectivity index (χ0) is 19.2. The Morgan fingerprint density at radius 1 is 1.07 bits per heavy atom. The van der Waals surface area contributed by atoms with Crippen LogP contribution in [0.1, 0.15) is 38.7 Å². The minimum Gasteiger partial charge on any atom is -0.381 e. The highest BCUT2D eigenvalue weighted by atomic mass is 16.5. The van der Waals surface area contributed by atoms with Crippen LogP contribution in [0.25, 0.3) is 0 Å². The van der Waals surface area contributed by atoms with Gasteiger partial charge in [0.15, 0.2) is 5.96 Å². The summed E-state index contributed by atoms with van der Waals surface area (Å²) < 4.78 is 11.0. The lowest BCUT2D eigenvalue weighted by Crippen LogP contribution is -2.38. The minimum absolute atomic E-state index is 0.672. The highest BCUT2D eigenvalue weighted by Crippen LogP contribution is 2.17. The van der Waals surface area contributed by atoms with Crippen molar-refractivity contribution in [1.29, 1.82) is 0 Å². The topological polar surface area (TPSA) is 58.1 Å². The second-order valence-corrected chi connectivity index (χ2v) is 6.71. The van der Waals surface area contributed by atoms with E-state index in [-0.39, 0.29) is 0 Å². The van der Waals surface area contributed by atoms with Crippen molar-refractivity contribution in [2.45, 2.75) is 39.7 Å². The van der Waals surface area contributed by atoms with Gasteiger partial charge in [-0.05, 0) is 37.5 Å². The van der Waals surface area contributed by atoms with Crippen LogP contribution in [0.4, 0.5) is 5.69 Å². The second-order valence-electron chi connectivity index (χ2n) is 6.71. The summed E-state index contributed by atoms with van der Waals surface area (Å²) >= 11 is 0. The average molecular weight is 377 g/mol. The highest BCUT2D eigenvalue weighted by Gasteiger charge is 2.10. The van der Waals surface area contributed by atoms with E-state index in [1.54, 1.807) is 0 Å². The molecule has 1 saturated heterocycles. The van der Waals surface area contributed by atoms with Crippen LogP contribution in [0.5, 0.6) is 0 Å². The number of unbranched alkanes of at least 4 members (excludes halogenated alkanes) is 1. The molecule has 1 heterocycles. The van der Waals surface area contributed by atoms with Crippen molar-refractivity contribution in [2.75, 3.05) is 57.5 Å². The standard InChI is InChI=1S/C21H36N4O2/c1-3-5-14-26-15-6-11-23-21(22-4-2)24-18-19-7-9-20(10-8-19)25-12-16-27-17-13-25/h7-10H,3-6,11-18H2,1-2H3,(H2,22,23,24). The number of anilines is 1. The number of nitrogens with one attached hydrogen (secondary N) is 2. The summed E-state index contributed by atoms with van der Waals surface area (Å²) in [6, 6.07) is 8.70. The van der Waals surface area contributed by atoms with Gasteiger partial charge in [0.1, 0.15) is 0 Å². The Bertz CT molecular complexity index is 527. The zero-order valence-electron chi connectivity index (χ0n) is 17.0. The lowest BCUT2D eigenvalue weighted by Gasteiger charge is -2.28. The van der Waals surface area contributed by atoms with Crippen LogP contribution < -0.4 is 15.5 Å². The van der Waals surface area contributed by atoms with Crippen molar-refractivity contribution in [3.63, 3.8) is 0 Å². The second kappa shape index (κ2) is 13.4. The fraction of sp³-hybridized carbons (Fsp3) is 0.667. The van der Waals surface area contributed by atoms with E-state index in [1.807, 2.05) is 0 Å². The van der Waals surface area contributed by atoms with Gasteiger partial charge < -0.3 is 25.0 Å². The first-order chi connectivity index (χ1) is 13.3. The summed E-state index contributed by atoms with van der Waals surface area (Å²) in [4.78, 5) is 7.06. The lowest BCUT2D eigenvalue weighted by molar-refractivity contribution is 0.122. The molecular formula is C21H36N4O2. The first-order valence-corrected chi connectivity index (χ1v) is 10.3. The van der Waals surface area contributed by atoms with Gasteiger partial charge in [-0.1, -0.05) is 25.5 Å². The summed E-state index contributed by atoms with van der Waals surface area (Å²) in [6.07, 6.45) is 3.31. The number of aliphatic imine (C=N–C) groups is 1. The lowest BCUT2D eigenvalue weighted by atomic mass is 10.2. The van der Waals surface area contributed by atoms with E-state index in [4.69, 9.17) is 14.5 Å². The molecular weight excluding hydrogens is 340 g/mol. The van der Waals surface area contributed by atoms with Crippen LogP contribution >= 0.6 is 0 Å². The van der Waals surface area contributed by atoms with Crippen LogP contribution in [-0.4, -0.2) is 58.6 Å². The molecule has 1 aliphatic heterocycles. The van der Waals surface area contributed by atoms with Crippen molar-refractivity contribution in [1.82, 2.24) is 10.6 Å². The molecule has 152 valence electrons. The third-order valence-corrected chi connectivity index (χ3v) is 4.48. The SMILES string of the molecule is CCCCOCCCNC(=NCc1ccc(N2CCOCC2)cc1)NCC. The Morgan fingerprint density at radius 3 is 2.52 bits per heavy atom. The minimum atomic E-state index is 0.672. The summed E-state index contributed by atoms with van der Waals surface area (Å²) in [6.45, 7) is 11.9. The Balaban J connectivity index is 1.74. The van der Waals surface area contributed by atoms with E-state index in [0.717, 1.165) is 71.4 Å². The Labute approximate surface area is 164 Å². The van der Waals surface area contributed by atoms with Crippen molar-refractivity contribution in [3.05, 3.63) is 29.8 Å². The third kappa shape index (κ3) is 8.63. The molecule has 2 N–H and O–H groups in total. The van der Waals surface area contributed by atoms with Gasteiger partial charge in [-0.2, -0.15) is 0 Å². The maximum Gasteiger partial charge on any atom is 0.191 e. The molecule has 1 fully saturated rings. The molecule has 1 aromatic carbocycles. The summed E-state index contributed by atoms with van der Waals surface area (Å²) in [7, 11) is 0. The number of benzene rings is 1. The number of nitrogens with zero attached hydrogens (tertiary/aromatic N) is 2. The van der Waals surface area contributed by atoms with E-state index < -0.39 is 0 Å². The highest BCUT2D eigenvalue weighted by molar-refractivity contribution is 5.79. The van der Waals surface area contributed by atoms with Gasteiger partial charge in [-0.15, -0.1) is 0 Å². The van der Waals surface area contributed by atoms with E-state index in [9.17, 15) is 0 Å². The Kier molecular flexibility index (Phi) is 10.7. The summed E-state index contributed by atoms with van der Waals surface area (Å²) in [5.41, 5.74) is 2.48. The molecule has 0 bridgehead atoms. The third-order valence-electron chi connectivity index (χ3n) is 4.48. The number of hydrogen-bond acceptors (Lipinski definition) is 4. The van der Waals surface area contributed by atoms with Crippen molar-refractivity contribution in [3.8, 4) is 0 Å². The summed E-state index contributed by atoms with van der Waals surface area (Å²) in [5, 5.41) is 6.68. The first-order valence-electron chi connectivity index (χ1n) is 10.3. The molecule has 1 aliphatic rings. The maximum atomic E-state index is 5.59. The quantitative estimate of drug-likeness (QED) is 0.353. The van der Waals surface area contributed by atoms with Gasteiger partial charge in [-0.3, -0.25) is 0 Å². The number of guanidine groups is 1. The molecule has 0 spiro atoms. The van der Waals surface area contributed by atoms with Gasteiger partial charge in [-0.25, -0.2) is 4.99 Å². The zero-order valence-corrected chi connectivity index (χ0v) is 17.0. The molecule has 2 rings (SSSR count). The Hall–Kier alpha value is -1.79. The molecule has 0 aromatic heterocycles. The molecule has 6 nitrogen and oxygen atoms in total. The van der Waals surface area contributed by atoms with Crippen molar-refractivity contribution >= 4 is 11.6 Å². The van der Waals surface area contributed by atoms with E-state index in [2.05, 4.69) is 53.6 Å². The molecule has 1 aromatic rings. The van der Waals surface area contributed by atoms with Gasteiger partial charge in [0.05, 0.1) is 19.8 Å². The van der Waals surface area contributed by atoms with Crippen LogP contribution in [0.2, 0.25) is 0 Å². The smallest absolute Gasteiger partial charge is 0.191 e. The molecule has 0 unspecified atom stereocenters. The number of rotatable bonds is 11. The van der Waals surface area contributed by atoms with Gasteiger partial charge in [0.25, 0.3) is 0 Å². The van der Waals surface area contributed by atoms with Crippen LogP contribution in [0, 0.1) is 0 Å². The fourth-order valence-corrected chi connectivity index (χ4v) is 2.88. The van der Waals surface area contributed by atoms with Crippen LogP contribution in [0.15, 0.2) is 29.3 Å². The molecule has 0 atom stereocenters. The molecule has 27 heavy (non-hydrogen) atoms. The summed E-state index contributed by atoms with van der Waals surface area (Å²) in [5.74, 6) is 0.864. The van der Waals surface area contributed by atoms with Crippen LogP contribution in [-0.2, 0) is 16.0 Å².